The number of aromatic nitrogens is 5. The lowest BCUT2D eigenvalue weighted by Crippen LogP contribution is -2.34. The Bertz CT molecular complexity index is 1680. The van der Waals surface area contributed by atoms with E-state index in [9.17, 15) is 31.9 Å². The number of aliphatic hydroxyl groups excluding tert-OH is 1. The van der Waals surface area contributed by atoms with E-state index in [1.807, 2.05) is 0 Å². The van der Waals surface area contributed by atoms with Crippen LogP contribution in [0.4, 0.5) is 22.0 Å². The van der Waals surface area contributed by atoms with E-state index in [1.54, 1.807) is 31.2 Å². The molecule has 1 unspecified atom stereocenters. The fourth-order valence-electron chi connectivity index (χ4n) is 3.97. The van der Waals surface area contributed by atoms with Crippen LogP contribution in [0.15, 0.2) is 53.3 Å². The molecule has 0 aliphatic heterocycles. The molecular formula is C25H18F5N5O4. The summed E-state index contributed by atoms with van der Waals surface area (Å²) >= 11 is 0. The normalized spacial score (nSPS) is 13.2. The van der Waals surface area contributed by atoms with Crippen molar-refractivity contribution in [2.75, 3.05) is 0 Å². The van der Waals surface area contributed by atoms with Crippen LogP contribution in [0, 0.1) is 6.92 Å². The maximum atomic E-state index is 14.7. The molecular weight excluding hydrogens is 529 g/mol. The Hall–Kier alpha value is -4.46. The number of aliphatic hydroxyl groups is 1. The van der Waals surface area contributed by atoms with E-state index >= 15 is 0 Å². The van der Waals surface area contributed by atoms with Crippen LogP contribution in [-0.4, -0.2) is 47.9 Å². The van der Waals surface area contributed by atoms with Crippen LogP contribution < -0.4 is 0 Å². The van der Waals surface area contributed by atoms with E-state index in [0.29, 0.717) is 11.6 Å². The van der Waals surface area contributed by atoms with Gasteiger partial charge in [0.2, 0.25) is 6.39 Å². The molecule has 0 saturated heterocycles. The highest BCUT2D eigenvalue weighted by atomic mass is 19.4. The Kier molecular flexibility index (Phi) is 6.29. The SMILES string of the molecule is Cc1ccc(-c2cc(C(F)(F)C(F)(F)F)nc3c2ccc2nc(-c4nnco4)c(COC(=O)C(C)O)n23)cc1. The van der Waals surface area contributed by atoms with Gasteiger partial charge in [0, 0.05) is 5.39 Å². The van der Waals surface area contributed by atoms with E-state index < -0.39 is 36.5 Å². The van der Waals surface area contributed by atoms with Crippen molar-refractivity contribution in [3.63, 3.8) is 0 Å². The number of nitrogens with zero attached hydrogens (tertiary/aromatic N) is 5. The van der Waals surface area contributed by atoms with Gasteiger partial charge in [-0.3, -0.25) is 4.40 Å². The lowest BCUT2D eigenvalue weighted by molar-refractivity contribution is -0.290. The highest BCUT2D eigenvalue weighted by molar-refractivity contribution is 5.95. The maximum absolute atomic E-state index is 14.7. The largest absolute Gasteiger partial charge is 0.459 e. The number of hydrogen-bond donors (Lipinski definition) is 1. The van der Waals surface area contributed by atoms with Gasteiger partial charge in [-0.15, -0.1) is 10.2 Å². The van der Waals surface area contributed by atoms with Crippen molar-refractivity contribution in [1.82, 2.24) is 24.6 Å². The molecule has 9 nitrogen and oxygen atoms in total. The molecule has 5 aromatic rings. The van der Waals surface area contributed by atoms with Crippen molar-refractivity contribution in [3.8, 4) is 22.7 Å². The highest BCUT2D eigenvalue weighted by Gasteiger charge is 2.60. The predicted octanol–water partition coefficient (Wildman–Crippen LogP) is 4.99. The first-order valence-electron chi connectivity index (χ1n) is 11.4. The van der Waals surface area contributed by atoms with Crippen LogP contribution in [-0.2, 0) is 22.1 Å². The number of benzene rings is 1. The zero-order valence-electron chi connectivity index (χ0n) is 20.2. The summed E-state index contributed by atoms with van der Waals surface area (Å²) in [5, 5.41) is 17.1. The van der Waals surface area contributed by atoms with Crippen LogP contribution in [0.2, 0.25) is 0 Å². The second kappa shape index (κ2) is 9.38. The van der Waals surface area contributed by atoms with Crippen LogP contribution in [0.25, 0.3) is 39.4 Å². The standard InChI is InChI=1S/C25H18F5N5O4/c1-12-3-5-14(6-4-12)16-9-18(24(26,27)25(28,29)30)32-21-15(16)7-8-19-33-20(22-34-31-11-39-22)17(35(19)21)10-38-23(37)13(2)36/h3-9,11,13,36H,10H2,1-2H3. The van der Waals surface area contributed by atoms with Gasteiger partial charge in [-0.1, -0.05) is 29.8 Å². The number of pyridine rings is 2. The first kappa shape index (κ1) is 26.2. The molecule has 0 aliphatic carbocycles. The number of carbonyl (C=O) groups excluding carboxylic acids is 1. The van der Waals surface area contributed by atoms with Gasteiger partial charge in [0.25, 0.3) is 5.89 Å². The van der Waals surface area contributed by atoms with E-state index in [1.165, 1.54) is 23.5 Å². The zero-order chi connectivity index (χ0) is 28.1. The molecule has 4 heterocycles. The van der Waals surface area contributed by atoms with E-state index in [-0.39, 0.29) is 39.5 Å². The Morgan fingerprint density at radius 2 is 1.82 bits per heavy atom. The Morgan fingerprint density at radius 1 is 1.10 bits per heavy atom. The lowest BCUT2D eigenvalue weighted by atomic mass is 9.99. The number of carbonyl (C=O) groups is 1. The predicted molar refractivity (Wildman–Crippen MR) is 125 cm³/mol. The zero-order valence-corrected chi connectivity index (χ0v) is 20.2. The van der Waals surface area contributed by atoms with E-state index in [2.05, 4.69) is 20.2 Å². The van der Waals surface area contributed by atoms with Gasteiger partial charge < -0.3 is 14.3 Å². The average Bonchev–Trinajstić information content (AvgIpc) is 3.54. The molecule has 14 heteroatoms. The number of ether oxygens (including phenoxy) is 1. The number of rotatable bonds is 6. The van der Waals surface area contributed by atoms with Gasteiger partial charge in [-0.2, -0.15) is 22.0 Å². The Labute approximate surface area is 215 Å². The van der Waals surface area contributed by atoms with Gasteiger partial charge in [-0.05, 0) is 43.2 Å². The molecule has 5 rings (SSSR count). The molecule has 1 atom stereocenters. The molecule has 0 saturated carbocycles. The van der Waals surface area contributed by atoms with E-state index in [4.69, 9.17) is 9.15 Å². The van der Waals surface area contributed by atoms with Gasteiger partial charge in [-0.25, -0.2) is 14.8 Å². The molecule has 0 amide bonds. The summed E-state index contributed by atoms with van der Waals surface area (Å²) < 4.78 is 81.2. The Balaban J connectivity index is 1.86. The minimum atomic E-state index is -5.93. The first-order valence-corrected chi connectivity index (χ1v) is 11.4. The molecule has 1 aromatic carbocycles. The van der Waals surface area contributed by atoms with Gasteiger partial charge in [0.05, 0.1) is 5.69 Å². The summed E-state index contributed by atoms with van der Waals surface area (Å²) in [4.78, 5) is 20.1. The smallest absolute Gasteiger partial charge is 0.457 e. The summed E-state index contributed by atoms with van der Waals surface area (Å²) in [7, 11) is 0. The number of esters is 1. The topological polar surface area (TPSA) is 116 Å². The summed E-state index contributed by atoms with van der Waals surface area (Å²) in [6, 6.07) is 10.2. The third-order valence-electron chi connectivity index (χ3n) is 5.94. The summed E-state index contributed by atoms with van der Waals surface area (Å²) in [5.74, 6) is -6.44. The quantitative estimate of drug-likeness (QED) is 0.234. The number of halogens is 5. The van der Waals surface area contributed by atoms with Crippen molar-refractivity contribution in [2.24, 2.45) is 0 Å². The second-order valence-corrected chi connectivity index (χ2v) is 8.69. The van der Waals surface area contributed by atoms with Crippen molar-refractivity contribution < 1.29 is 41.0 Å². The van der Waals surface area contributed by atoms with E-state index in [0.717, 1.165) is 12.0 Å². The second-order valence-electron chi connectivity index (χ2n) is 8.69. The fourth-order valence-corrected chi connectivity index (χ4v) is 3.97. The number of imidazole rings is 1. The maximum Gasteiger partial charge on any atom is 0.459 e. The average molecular weight is 547 g/mol. The summed E-state index contributed by atoms with van der Waals surface area (Å²) in [6.07, 6.45) is -6.42. The van der Waals surface area contributed by atoms with Gasteiger partial charge in [0.1, 0.15) is 29.7 Å². The third-order valence-corrected chi connectivity index (χ3v) is 5.94. The van der Waals surface area contributed by atoms with Crippen molar-refractivity contribution in [3.05, 3.63) is 65.8 Å². The number of hydrogen-bond acceptors (Lipinski definition) is 8. The molecule has 202 valence electrons. The van der Waals surface area contributed by atoms with Crippen LogP contribution in [0.1, 0.15) is 23.9 Å². The fraction of sp³-hybridized carbons (Fsp3) is 0.240. The van der Waals surface area contributed by atoms with Crippen molar-refractivity contribution in [2.45, 2.75) is 38.7 Å². The number of alkyl halides is 5. The molecule has 0 spiro atoms. The highest BCUT2D eigenvalue weighted by Crippen LogP contribution is 2.45. The van der Waals surface area contributed by atoms with Gasteiger partial charge >= 0.3 is 18.1 Å². The van der Waals surface area contributed by atoms with Crippen LogP contribution in [0.3, 0.4) is 0 Å². The van der Waals surface area contributed by atoms with Gasteiger partial charge in [0.15, 0.2) is 5.69 Å². The van der Waals surface area contributed by atoms with Crippen LogP contribution in [0.5, 0.6) is 0 Å². The summed E-state index contributed by atoms with van der Waals surface area (Å²) in [6.45, 7) is 2.39. The monoisotopic (exact) mass is 547 g/mol. The van der Waals surface area contributed by atoms with Crippen LogP contribution >= 0.6 is 0 Å². The molecule has 0 aliphatic rings. The number of fused-ring (bicyclic) bond motifs is 3. The lowest BCUT2D eigenvalue weighted by Gasteiger charge is -2.21. The molecule has 4 aromatic heterocycles. The number of aryl methyl sites for hydroxylation is 1. The molecule has 1 N–H and O–H groups in total. The minimum absolute atomic E-state index is 0.0105. The minimum Gasteiger partial charge on any atom is -0.457 e. The third kappa shape index (κ3) is 4.56. The van der Waals surface area contributed by atoms with Crippen molar-refractivity contribution >= 4 is 22.6 Å². The molecule has 0 fully saturated rings. The molecule has 0 radical (unpaired) electrons. The molecule has 0 bridgehead atoms. The first-order chi connectivity index (χ1) is 18.4. The molecule has 39 heavy (non-hydrogen) atoms. The summed E-state index contributed by atoms with van der Waals surface area (Å²) in [5.41, 5.74) is -0.549. The van der Waals surface area contributed by atoms with Crippen molar-refractivity contribution in [1.29, 1.82) is 0 Å². The Morgan fingerprint density at radius 3 is 2.44 bits per heavy atom.